The summed E-state index contributed by atoms with van der Waals surface area (Å²) >= 11 is 0. The van der Waals surface area contributed by atoms with Crippen molar-refractivity contribution in [2.45, 2.75) is 58.6 Å². The lowest BCUT2D eigenvalue weighted by molar-refractivity contribution is 0.0438. The van der Waals surface area contributed by atoms with Crippen LogP contribution in [0.4, 0.5) is 10.2 Å². The molecule has 0 amide bonds. The molecule has 1 saturated heterocycles. The summed E-state index contributed by atoms with van der Waals surface area (Å²) in [6.45, 7) is 8.97. The number of benzene rings is 1. The molecule has 2 fully saturated rings. The van der Waals surface area contributed by atoms with E-state index in [2.05, 4.69) is 65.6 Å². The molecule has 41 heavy (non-hydrogen) atoms. The zero-order valence-electron chi connectivity index (χ0n) is 24.2. The van der Waals surface area contributed by atoms with Gasteiger partial charge in [-0.2, -0.15) is 5.26 Å². The van der Waals surface area contributed by atoms with E-state index < -0.39 is 0 Å². The number of anilines is 1. The van der Waals surface area contributed by atoms with E-state index in [1.54, 1.807) is 18.3 Å². The molecule has 2 heterocycles. The smallest absolute Gasteiger partial charge is 0.138 e. The normalized spacial score (nSPS) is 20.0. The molecule has 1 aromatic heterocycles. The molecule has 7 heteroatoms. The highest BCUT2D eigenvalue weighted by molar-refractivity contribution is 5.50. The summed E-state index contributed by atoms with van der Waals surface area (Å²) in [6, 6.07) is 12.8. The Labute approximate surface area is 243 Å². The van der Waals surface area contributed by atoms with Crippen molar-refractivity contribution in [1.29, 1.82) is 5.26 Å². The van der Waals surface area contributed by atoms with E-state index in [-0.39, 0.29) is 29.8 Å². The first kappa shape index (κ1) is 28.6. The number of pyridine rings is 1. The summed E-state index contributed by atoms with van der Waals surface area (Å²) < 4.78 is 20.5. The number of hydrogen-bond donors (Lipinski definition) is 2. The van der Waals surface area contributed by atoms with Gasteiger partial charge in [0.25, 0.3) is 0 Å². The van der Waals surface area contributed by atoms with Crippen molar-refractivity contribution in [3.05, 3.63) is 101 Å². The number of hydrogen-bond acceptors (Lipinski definition) is 6. The lowest BCUT2D eigenvalue weighted by atomic mass is 9.90. The lowest BCUT2D eigenvalue weighted by Crippen LogP contribution is -2.52. The summed E-state index contributed by atoms with van der Waals surface area (Å²) in [5, 5.41) is 16.5. The van der Waals surface area contributed by atoms with Gasteiger partial charge in [-0.05, 0) is 79.5 Å². The van der Waals surface area contributed by atoms with Gasteiger partial charge < -0.3 is 20.3 Å². The van der Waals surface area contributed by atoms with Crippen LogP contribution < -0.4 is 15.4 Å². The van der Waals surface area contributed by atoms with Crippen LogP contribution in [0.5, 0.6) is 5.75 Å². The fourth-order valence-corrected chi connectivity index (χ4v) is 5.36. The van der Waals surface area contributed by atoms with Crippen molar-refractivity contribution >= 4 is 5.82 Å². The molecular weight excluding hydrogens is 513 g/mol. The van der Waals surface area contributed by atoms with Crippen molar-refractivity contribution in [1.82, 2.24) is 15.2 Å². The van der Waals surface area contributed by atoms with Gasteiger partial charge in [-0.1, -0.05) is 50.3 Å². The van der Waals surface area contributed by atoms with Crippen LogP contribution >= 0.6 is 0 Å². The standard InChI is InChI=1S/C34H40FN5O/c1-4-6-24(3)40-21-31(22-40)41-30-15-16-32(37-20-30)39-34(27-13-14-27)33(28-7-5-8-29(35)17-28)38-19-23(2)26-11-9-25(18-36)10-12-26/h5-9,11-12,15-17,20,23,25,31,33,38H,4,10,13-14,19,21-22H2,1-3H3,(H,37,39)/b24-6+. The molecule has 1 saturated carbocycles. The number of aromatic nitrogens is 1. The van der Waals surface area contributed by atoms with Crippen LogP contribution in [0.15, 0.2) is 89.4 Å². The minimum absolute atomic E-state index is 0.0470. The van der Waals surface area contributed by atoms with Crippen LogP contribution in [0.25, 0.3) is 0 Å². The largest absolute Gasteiger partial charge is 0.485 e. The summed E-state index contributed by atoms with van der Waals surface area (Å²) in [5.41, 5.74) is 5.76. The third-order valence-electron chi connectivity index (χ3n) is 7.99. The van der Waals surface area contributed by atoms with Crippen molar-refractivity contribution in [3.8, 4) is 11.8 Å². The molecule has 6 nitrogen and oxygen atoms in total. The van der Waals surface area contributed by atoms with Crippen molar-refractivity contribution in [2.75, 3.05) is 25.0 Å². The minimum atomic E-state index is -0.252. The molecule has 2 aliphatic carbocycles. The second-order valence-corrected chi connectivity index (χ2v) is 11.3. The van der Waals surface area contributed by atoms with Crippen molar-refractivity contribution in [3.63, 3.8) is 0 Å². The zero-order chi connectivity index (χ0) is 28.8. The van der Waals surface area contributed by atoms with Gasteiger partial charge in [0.15, 0.2) is 0 Å². The molecule has 0 spiro atoms. The Morgan fingerprint density at radius 3 is 2.73 bits per heavy atom. The number of likely N-dealkylation sites (tertiary alicyclic amines) is 1. The second kappa shape index (κ2) is 13.2. The van der Waals surface area contributed by atoms with Gasteiger partial charge in [-0.15, -0.1) is 0 Å². The van der Waals surface area contributed by atoms with E-state index in [0.29, 0.717) is 6.54 Å². The highest BCUT2D eigenvalue weighted by Crippen LogP contribution is 2.38. The molecule has 2 N–H and O–H groups in total. The number of ether oxygens (including phenoxy) is 1. The predicted molar refractivity (Wildman–Crippen MR) is 161 cm³/mol. The monoisotopic (exact) mass is 553 g/mol. The Bertz CT molecular complexity index is 1370. The van der Waals surface area contributed by atoms with E-state index in [0.717, 1.165) is 61.6 Å². The first-order valence-electron chi connectivity index (χ1n) is 14.7. The molecule has 3 aliphatic rings. The van der Waals surface area contributed by atoms with E-state index in [9.17, 15) is 9.65 Å². The molecular formula is C34H40FN5O. The van der Waals surface area contributed by atoms with Crippen molar-refractivity contribution < 1.29 is 9.13 Å². The Balaban J connectivity index is 1.26. The summed E-state index contributed by atoms with van der Waals surface area (Å²) in [6.07, 6.45) is 14.2. The van der Waals surface area contributed by atoms with Crippen LogP contribution in [-0.4, -0.2) is 35.6 Å². The highest BCUT2D eigenvalue weighted by Gasteiger charge is 2.29. The number of nitrogens with zero attached hydrogens (tertiary/aromatic N) is 3. The quantitative estimate of drug-likeness (QED) is 0.293. The Kier molecular flexibility index (Phi) is 9.21. The molecule has 0 bridgehead atoms. The van der Waals surface area contributed by atoms with E-state index in [4.69, 9.17) is 4.74 Å². The lowest BCUT2D eigenvalue weighted by Gasteiger charge is -2.41. The predicted octanol–water partition coefficient (Wildman–Crippen LogP) is 7.05. The molecule has 214 valence electrons. The van der Waals surface area contributed by atoms with E-state index >= 15 is 0 Å². The average Bonchev–Trinajstić information content (AvgIpc) is 3.80. The zero-order valence-corrected chi connectivity index (χ0v) is 24.2. The minimum Gasteiger partial charge on any atom is -0.485 e. The molecule has 1 aliphatic heterocycles. The number of nitrogens with one attached hydrogen (secondary N) is 2. The summed E-state index contributed by atoms with van der Waals surface area (Å²) in [7, 11) is 0. The Morgan fingerprint density at radius 1 is 1.27 bits per heavy atom. The molecule has 2 aromatic rings. The summed E-state index contributed by atoms with van der Waals surface area (Å²) in [5.74, 6) is 1.44. The van der Waals surface area contributed by atoms with Crippen LogP contribution in [0.1, 0.15) is 58.1 Å². The molecule has 5 rings (SSSR count). The second-order valence-electron chi connectivity index (χ2n) is 11.3. The molecule has 0 radical (unpaired) electrons. The van der Waals surface area contributed by atoms with E-state index in [1.165, 1.54) is 22.9 Å². The van der Waals surface area contributed by atoms with E-state index in [1.807, 2.05) is 24.3 Å². The fraction of sp³-hybridized carbons (Fsp3) is 0.412. The van der Waals surface area contributed by atoms with Gasteiger partial charge in [0.2, 0.25) is 0 Å². The number of allylic oxidation sites excluding steroid dienone is 6. The Hall–Kier alpha value is -3.89. The Morgan fingerprint density at radius 2 is 2.10 bits per heavy atom. The highest BCUT2D eigenvalue weighted by atomic mass is 19.1. The van der Waals surface area contributed by atoms with Crippen LogP contribution in [0.2, 0.25) is 0 Å². The maximum absolute atomic E-state index is 14.3. The van der Waals surface area contributed by atoms with Gasteiger partial charge >= 0.3 is 0 Å². The number of halogens is 1. The summed E-state index contributed by atoms with van der Waals surface area (Å²) in [4.78, 5) is 6.99. The van der Waals surface area contributed by atoms with Gasteiger partial charge in [0, 0.05) is 17.9 Å². The molecule has 3 atom stereocenters. The maximum atomic E-state index is 14.3. The maximum Gasteiger partial charge on any atom is 0.138 e. The first-order valence-corrected chi connectivity index (χ1v) is 14.7. The van der Waals surface area contributed by atoms with Crippen LogP contribution in [0, 0.1) is 29.0 Å². The molecule has 3 unspecified atom stereocenters. The van der Waals surface area contributed by atoms with Gasteiger partial charge in [0.1, 0.15) is 23.5 Å². The fourth-order valence-electron chi connectivity index (χ4n) is 5.36. The van der Waals surface area contributed by atoms with Gasteiger partial charge in [0.05, 0.1) is 37.3 Å². The van der Waals surface area contributed by atoms with Crippen LogP contribution in [0.3, 0.4) is 0 Å². The van der Waals surface area contributed by atoms with Gasteiger partial charge in [-0.3, -0.25) is 0 Å². The average molecular weight is 554 g/mol. The number of nitriles is 1. The SMILES string of the molecule is CC/C=C(\C)N1CC(Oc2ccc(NC(=C3CC3)C(NCC(C)C3=CCC(C#N)C=C3)c3cccc(F)c3)nc2)C1. The van der Waals surface area contributed by atoms with Crippen LogP contribution in [-0.2, 0) is 0 Å². The molecule has 1 aromatic carbocycles. The first-order chi connectivity index (χ1) is 19.9. The number of rotatable bonds is 12. The van der Waals surface area contributed by atoms with Crippen molar-refractivity contribution in [2.24, 2.45) is 11.8 Å². The third kappa shape index (κ3) is 7.45. The third-order valence-corrected chi connectivity index (χ3v) is 7.99. The van der Waals surface area contributed by atoms with Gasteiger partial charge in [-0.25, -0.2) is 9.37 Å². The topological polar surface area (TPSA) is 73.2 Å².